The molecule has 0 amide bonds. The van der Waals surface area contributed by atoms with Crippen molar-refractivity contribution in [1.29, 1.82) is 0 Å². The molecule has 0 fully saturated rings. The van der Waals surface area contributed by atoms with Crippen molar-refractivity contribution in [3.8, 4) is 0 Å². The Morgan fingerprint density at radius 2 is 1.79 bits per heavy atom. The Hall–Kier alpha value is -0.160. The van der Waals surface area contributed by atoms with E-state index in [0.29, 0.717) is 12.1 Å². The largest absolute Gasteiger partial charge is 0.307 e. The monoisotopic (exact) mass is 401 g/mol. The molecule has 0 bridgehead atoms. The lowest BCUT2D eigenvalue weighted by Crippen LogP contribution is -2.30. The third-order valence-electron chi connectivity index (χ3n) is 3.00. The minimum absolute atomic E-state index is 0.391. The molecule has 102 valence electrons. The van der Waals surface area contributed by atoms with Crippen LogP contribution in [0.3, 0.4) is 0 Å². The van der Waals surface area contributed by atoms with Gasteiger partial charge in [-0.05, 0) is 60.0 Å². The van der Waals surface area contributed by atoms with E-state index in [1.54, 1.807) is 11.3 Å². The zero-order valence-electron chi connectivity index (χ0n) is 11.0. The number of hydrogen-bond donors (Lipinski definition) is 1. The quantitative estimate of drug-likeness (QED) is 0.690. The Morgan fingerprint density at radius 1 is 1.11 bits per heavy atom. The van der Waals surface area contributed by atoms with E-state index in [-0.39, 0.29) is 0 Å². The van der Waals surface area contributed by atoms with Gasteiger partial charge in [-0.1, -0.05) is 28.1 Å². The molecule has 0 aliphatic heterocycles. The fourth-order valence-corrected chi connectivity index (χ4v) is 3.82. The number of halogens is 2. The number of benzene rings is 1. The summed E-state index contributed by atoms with van der Waals surface area (Å²) in [4.78, 5) is 1.37. The first-order chi connectivity index (χ1) is 9.04. The third-order valence-corrected chi connectivity index (χ3v) is 5.41. The van der Waals surface area contributed by atoms with Crippen LogP contribution in [-0.4, -0.2) is 6.04 Å². The number of rotatable bonds is 5. The molecule has 1 N–H and O–H groups in total. The summed E-state index contributed by atoms with van der Waals surface area (Å²) in [5, 5.41) is 5.78. The van der Waals surface area contributed by atoms with Gasteiger partial charge in [0.2, 0.25) is 0 Å². The first-order valence-corrected chi connectivity index (χ1v) is 8.75. The molecule has 2 atom stereocenters. The molecule has 1 heterocycles. The summed E-state index contributed by atoms with van der Waals surface area (Å²) in [6.45, 7) is 4.46. The van der Waals surface area contributed by atoms with Crippen molar-refractivity contribution in [2.75, 3.05) is 0 Å². The number of thiophene rings is 1. The second-order valence-corrected chi connectivity index (χ2v) is 7.56. The topological polar surface area (TPSA) is 12.0 Å². The van der Waals surface area contributed by atoms with Gasteiger partial charge in [0.25, 0.3) is 0 Å². The molecule has 2 unspecified atom stereocenters. The maximum absolute atomic E-state index is 3.65. The summed E-state index contributed by atoms with van der Waals surface area (Å²) in [7, 11) is 0. The van der Waals surface area contributed by atoms with Gasteiger partial charge < -0.3 is 5.32 Å². The van der Waals surface area contributed by atoms with Gasteiger partial charge in [0.1, 0.15) is 0 Å². The molecule has 4 heteroatoms. The molecular weight excluding hydrogens is 386 g/mol. The van der Waals surface area contributed by atoms with E-state index in [2.05, 4.69) is 86.7 Å². The van der Waals surface area contributed by atoms with Crippen LogP contribution in [0.15, 0.2) is 44.7 Å². The second kappa shape index (κ2) is 7.02. The highest BCUT2D eigenvalue weighted by atomic mass is 79.9. The summed E-state index contributed by atoms with van der Waals surface area (Å²) in [5.41, 5.74) is 1.36. The summed E-state index contributed by atoms with van der Waals surface area (Å²) in [6.07, 6.45) is 1.05. The van der Waals surface area contributed by atoms with E-state index in [4.69, 9.17) is 0 Å². The fraction of sp³-hybridized carbons (Fsp3) is 0.333. The van der Waals surface area contributed by atoms with Crippen molar-refractivity contribution < 1.29 is 0 Å². The fourth-order valence-electron chi connectivity index (χ4n) is 2.10. The lowest BCUT2D eigenvalue weighted by molar-refractivity contribution is 0.482. The molecule has 0 saturated carbocycles. The molecular formula is C15H17Br2NS. The minimum atomic E-state index is 0.391. The van der Waals surface area contributed by atoms with E-state index in [1.165, 1.54) is 14.9 Å². The SMILES string of the molecule is CC(Cc1ccc(Br)cc1)NC(C)c1cc(Br)cs1. The van der Waals surface area contributed by atoms with Crippen LogP contribution in [0.5, 0.6) is 0 Å². The molecule has 0 aliphatic rings. The maximum atomic E-state index is 3.65. The summed E-state index contributed by atoms with van der Waals surface area (Å²) >= 11 is 8.76. The Morgan fingerprint density at radius 3 is 2.37 bits per heavy atom. The van der Waals surface area contributed by atoms with Crippen LogP contribution in [-0.2, 0) is 6.42 Å². The van der Waals surface area contributed by atoms with Gasteiger partial charge >= 0.3 is 0 Å². The first kappa shape index (κ1) is 15.2. The van der Waals surface area contributed by atoms with Gasteiger partial charge in [-0.25, -0.2) is 0 Å². The first-order valence-electron chi connectivity index (χ1n) is 6.29. The molecule has 0 aliphatic carbocycles. The molecule has 2 aromatic rings. The maximum Gasteiger partial charge on any atom is 0.0388 e. The lowest BCUT2D eigenvalue weighted by atomic mass is 10.1. The molecule has 1 nitrogen and oxygen atoms in total. The van der Waals surface area contributed by atoms with Crippen LogP contribution in [0.4, 0.5) is 0 Å². The van der Waals surface area contributed by atoms with Crippen LogP contribution in [0.25, 0.3) is 0 Å². The highest BCUT2D eigenvalue weighted by Gasteiger charge is 2.11. The molecule has 1 aromatic carbocycles. The van der Waals surface area contributed by atoms with Crippen molar-refractivity contribution in [2.24, 2.45) is 0 Å². The van der Waals surface area contributed by atoms with E-state index in [9.17, 15) is 0 Å². The lowest BCUT2D eigenvalue weighted by Gasteiger charge is -2.19. The van der Waals surface area contributed by atoms with Crippen LogP contribution in [0.1, 0.15) is 30.3 Å². The summed E-state index contributed by atoms with van der Waals surface area (Å²) in [6, 6.07) is 11.6. The van der Waals surface area contributed by atoms with E-state index >= 15 is 0 Å². The predicted octanol–water partition coefficient (Wildman–Crippen LogP) is 5.55. The van der Waals surface area contributed by atoms with E-state index < -0.39 is 0 Å². The van der Waals surface area contributed by atoms with E-state index in [0.717, 1.165) is 10.9 Å². The van der Waals surface area contributed by atoms with Gasteiger partial charge in [0.05, 0.1) is 0 Å². The zero-order chi connectivity index (χ0) is 13.8. The van der Waals surface area contributed by atoms with Gasteiger partial charge in [0, 0.05) is 31.3 Å². The van der Waals surface area contributed by atoms with Crippen molar-refractivity contribution in [3.05, 3.63) is 55.1 Å². The average molecular weight is 403 g/mol. The van der Waals surface area contributed by atoms with Crippen LogP contribution < -0.4 is 5.32 Å². The highest BCUT2D eigenvalue weighted by molar-refractivity contribution is 9.10. The average Bonchev–Trinajstić information content (AvgIpc) is 2.79. The van der Waals surface area contributed by atoms with Gasteiger partial charge in [-0.3, -0.25) is 0 Å². The molecule has 19 heavy (non-hydrogen) atoms. The summed E-state index contributed by atoms with van der Waals surface area (Å²) < 4.78 is 2.30. The van der Waals surface area contributed by atoms with E-state index in [1.807, 2.05) is 0 Å². The van der Waals surface area contributed by atoms with Crippen LogP contribution in [0, 0.1) is 0 Å². The Kier molecular flexibility index (Phi) is 5.63. The second-order valence-electron chi connectivity index (χ2n) is 4.79. The number of hydrogen-bond acceptors (Lipinski definition) is 2. The van der Waals surface area contributed by atoms with Crippen molar-refractivity contribution in [2.45, 2.75) is 32.4 Å². The van der Waals surface area contributed by atoms with Gasteiger partial charge in [-0.2, -0.15) is 0 Å². The van der Waals surface area contributed by atoms with Crippen LogP contribution >= 0.6 is 43.2 Å². The number of nitrogens with one attached hydrogen (secondary N) is 1. The normalized spacial score (nSPS) is 14.3. The summed E-state index contributed by atoms with van der Waals surface area (Å²) in [5.74, 6) is 0. The Labute approximate surface area is 135 Å². The minimum Gasteiger partial charge on any atom is -0.307 e. The van der Waals surface area contributed by atoms with Gasteiger partial charge in [0.15, 0.2) is 0 Å². The molecule has 0 radical (unpaired) electrons. The van der Waals surface area contributed by atoms with Crippen molar-refractivity contribution in [3.63, 3.8) is 0 Å². The smallest absolute Gasteiger partial charge is 0.0388 e. The van der Waals surface area contributed by atoms with Crippen molar-refractivity contribution in [1.82, 2.24) is 5.32 Å². The third kappa shape index (κ3) is 4.71. The molecule has 2 rings (SSSR count). The molecule has 1 aromatic heterocycles. The molecule has 0 saturated heterocycles. The van der Waals surface area contributed by atoms with Crippen molar-refractivity contribution >= 4 is 43.2 Å². The molecule has 0 spiro atoms. The highest BCUT2D eigenvalue weighted by Crippen LogP contribution is 2.25. The standard InChI is InChI=1S/C15H17Br2NS/c1-10(7-12-3-5-13(16)6-4-12)18-11(2)15-8-14(17)9-19-15/h3-6,8-11,18H,7H2,1-2H3. The zero-order valence-corrected chi connectivity index (χ0v) is 15.0. The Bertz CT molecular complexity index is 521. The predicted molar refractivity (Wildman–Crippen MR) is 90.9 cm³/mol. The Balaban J connectivity index is 1.90. The van der Waals surface area contributed by atoms with Gasteiger partial charge in [-0.15, -0.1) is 11.3 Å². The van der Waals surface area contributed by atoms with Crippen LogP contribution in [0.2, 0.25) is 0 Å².